The van der Waals surface area contributed by atoms with Crippen LogP contribution in [0.1, 0.15) is 6.92 Å². The lowest BCUT2D eigenvalue weighted by Crippen LogP contribution is -2.21. The summed E-state index contributed by atoms with van der Waals surface area (Å²) in [4.78, 5) is 14.0. The van der Waals surface area contributed by atoms with Crippen molar-refractivity contribution >= 4 is 29.0 Å². The third kappa shape index (κ3) is 4.32. The Hall–Kier alpha value is -3.41. The van der Waals surface area contributed by atoms with E-state index in [1.165, 1.54) is 0 Å². The number of para-hydroxylation sites is 2. The van der Waals surface area contributed by atoms with Gasteiger partial charge < -0.3 is 10.2 Å². The molecule has 1 aromatic heterocycles. The van der Waals surface area contributed by atoms with Crippen LogP contribution in [0.15, 0.2) is 72.8 Å². The molecule has 0 aliphatic rings. The minimum atomic E-state index is -0.358. The lowest BCUT2D eigenvalue weighted by Gasteiger charge is -2.21. The summed E-state index contributed by atoms with van der Waals surface area (Å²) in [5.41, 5.74) is 1.76. The SMILES string of the molecule is CCN(c1ccccc1)c1ccc(NC(=O)Nc2ccccc2)nn1. The quantitative estimate of drug-likeness (QED) is 0.731. The Balaban J connectivity index is 1.66. The molecule has 0 saturated heterocycles. The maximum Gasteiger partial charge on any atom is 0.324 e. The van der Waals surface area contributed by atoms with E-state index in [-0.39, 0.29) is 6.03 Å². The average Bonchev–Trinajstić information content (AvgIpc) is 2.65. The van der Waals surface area contributed by atoms with Crippen molar-refractivity contribution in [2.45, 2.75) is 6.92 Å². The first-order valence-electron chi connectivity index (χ1n) is 8.05. The van der Waals surface area contributed by atoms with Gasteiger partial charge >= 0.3 is 6.03 Å². The summed E-state index contributed by atoms with van der Waals surface area (Å²) >= 11 is 0. The molecule has 0 spiro atoms. The first-order chi connectivity index (χ1) is 12.3. The Morgan fingerprint density at radius 2 is 1.56 bits per heavy atom. The molecule has 0 atom stereocenters. The second-order valence-electron chi connectivity index (χ2n) is 5.30. The molecule has 6 heteroatoms. The molecule has 0 fully saturated rings. The van der Waals surface area contributed by atoms with Crippen LogP contribution in [0.5, 0.6) is 0 Å². The number of carbonyl (C=O) groups is 1. The molecule has 2 N–H and O–H groups in total. The van der Waals surface area contributed by atoms with Crippen LogP contribution in [0.25, 0.3) is 0 Å². The molecule has 0 unspecified atom stereocenters. The van der Waals surface area contributed by atoms with Crippen molar-refractivity contribution in [3.05, 3.63) is 72.8 Å². The van der Waals surface area contributed by atoms with E-state index >= 15 is 0 Å². The largest absolute Gasteiger partial charge is 0.325 e. The molecule has 25 heavy (non-hydrogen) atoms. The first kappa shape index (κ1) is 16.4. The van der Waals surface area contributed by atoms with E-state index < -0.39 is 0 Å². The fraction of sp³-hybridized carbons (Fsp3) is 0.105. The second kappa shape index (κ2) is 7.92. The molecular formula is C19H19N5O. The first-order valence-corrected chi connectivity index (χ1v) is 8.05. The van der Waals surface area contributed by atoms with Crippen LogP contribution in [-0.4, -0.2) is 22.8 Å². The van der Waals surface area contributed by atoms with Crippen molar-refractivity contribution in [3.63, 3.8) is 0 Å². The third-order valence-corrected chi connectivity index (χ3v) is 3.58. The van der Waals surface area contributed by atoms with Gasteiger partial charge in [0.05, 0.1) is 0 Å². The number of nitrogens with one attached hydrogen (secondary N) is 2. The van der Waals surface area contributed by atoms with Crippen molar-refractivity contribution < 1.29 is 4.79 Å². The van der Waals surface area contributed by atoms with E-state index in [9.17, 15) is 4.79 Å². The van der Waals surface area contributed by atoms with Gasteiger partial charge in [-0.25, -0.2) is 4.79 Å². The molecule has 0 bridgehead atoms. The molecule has 0 aliphatic carbocycles. The standard InChI is InChI=1S/C19H19N5O/c1-2-24(16-11-7-4-8-12-16)18-14-13-17(22-23-18)21-19(25)20-15-9-5-3-6-10-15/h3-14H,2H2,1H3,(H2,20,21,22,25). The predicted octanol–water partition coefficient (Wildman–Crippen LogP) is 4.28. The van der Waals surface area contributed by atoms with E-state index in [0.29, 0.717) is 11.5 Å². The maximum absolute atomic E-state index is 12.0. The van der Waals surface area contributed by atoms with E-state index in [0.717, 1.165) is 18.1 Å². The molecule has 0 radical (unpaired) electrons. The van der Waals surface area contributed by atoms with Crippen LogP contribution in [-0.2, 0) is 0 Å². The second-order valence-corrected chi connectivity index (χ2v) is 5.30. The predicted molar refractivity (Wildman–Crippen MR) is 100 cm³/mol. The normalized spacial score (nSPS) is 10.1. The van der Waals surface area contributed by atoms with E-state index in [1.807, 2.05) is 78.6 Å². The van der Waals surface area contributed by atoms with Gasteiger partial charge in [-0.3, -0.25) is 5.32 Å². The van der Waals surface area contributed by atoms with Gasteiger partial charge in [0.25, 0.3) is 0 Å². The van der Waals surface area contributed by atoms with Gasteiger partial charge in [-0.05, 0) is 43.3 Å². The van der Waals surface area contributed by atoms with Gasteiger partial charge in [0.1, 0.15) is 0 Å². The fourth-order valence-corrected chi connectivity index (χ4v) is 2.42. The molecule has 2 aromatic carbocycles. The fourth-order valence-electron chi connectivity index (χ4n) is 2.42. The lowest BCUT2D eigenvalue weighted by molar-refractivity contribution is 0.262. The van der Waals surface area contributed by atoms with Gasteiger partial charge in [-0.2, -0.15) is 0 Å². The van der Waals surface area contributed by atoms with Crippen molar-refractivity contribution in [2.75, 3.05) is 22.1 Å². The van der Waals surface area contributed by atoms with E-state index in [4.69, 9.17) is 0 Å². The molecule has 1 heterocycles. The third-order valence-electron chi connectivity index (χ3n) is 3.58. The topological polar surface area (TPSA) is 70.2 Å². The number of amides is 2. The summed E-state index contributed by atoms with van der Waals surface area (Å²) in [6, 6.07) is 22.4. The molecular weight excluding hydrogens is 314 g/mol. The summed E-state index contributed by atoms with van der Waals surface area (Å²) in [7, 11) is 0. The summed E-state index contributed by atoms with van der Waals surface area (Å²) in [5.74, 6) is 1.11. The molecule has 126 valence electrons. The van der Waals surface area contributed by atoms with Crippen molar-refractivity contribution in [2.24, 2.45) is 0 Å². The summed E-state index contributed by atoms with van der Waals surface area (Å²) in [6.07, 6.45) is 0. The molecule has 0 aliphatic heterocycles. The minimum Gasteiger partial charge on any atom is -0.325 e. The zero-order valence-corrected chi connectivity index (χ0v) is 13.9. The zero-order chi connectivity index (χ0) is 17.5. The highest BCUT2D eigenvalue weighted by molar-refractivity contribution is 5.99. The molecule has 2 amide bonds. The Kier molecular flexibility index (Phi) is 5.21. The summed E-state index contributed by atoms with van der Waals surface area (Å²) < 4.78 is 0. The Morgan fingerprint density at radius 1 is 0.880 bits per heavy atom. The number of urea groups is 1. The van der Waals surface area contributed by atoms with Crippen molar-refractivity contribution in [1.82, 2.24) is 10.2 Å². The van der Waals surface area contributed by atoms with Crippen LogP contribution in [0.4, 0.5) is 27.8 Å². The van der Waals surface area contributed by atoms with Gasteiger partial charge in [-0.1, -0.05) is 36.4 Å². The highest BCUT2D eigenvalue weighted by Crippen LogP contribution is 2.22. The van der Waals surface area contributed by atoms with Gasteiger partial charge in [0.2, 0.25) is 0 Å². The number of hydrogen-bond donors (Lipinski definition) is 2. The highest BCUT2D eigenvalue weighted by atomic mass is 16.2. The van der Waals surface area contributed by atoms with Gasteiger partial charge in [-0.15, -0.1) is 10.2 Å². The molecule has 3 rings (SSSR count). The van der Waals surface area contributed by atoms with Crippen LogP contribution in [0, 0.1) is 0 Å². The highest BCUT2D eigenvalue weighted by Gasteiger charge is 2.10. The number of benzene rings is 2. The lowest BCUT2D eigenvalue weighted by atomic mass is 10.3. The Morgan fingerprint density at radius 3 is 2.16 bits per heavy atom. The number of hydrogen-bond acceptors (Lipinski definition) is 4. The van der Waals surface area contributed by atoms with Crippen LogP contribution in [0.2, 0.25) is 0 Å². The molecule has 6 nitrogen and oxygen atoms in total. The Labute approximate surface area is 146 Å². The number of nitrogens with zero attached hydrogens (tertiary/aromatic N) is 3. The number of carbonyl (C=O) groups excluding carboxylic acids is 1. The number of anilines is 4. The van der Waals surface area contributed by atoms with Crippen molar-refractivity contribution in [1.29, 1.82) is 0 Å². The summed E-state index contributed by atoms with van der Waals surface area (Å²) in [6.45, 7) is 2.81. The van der Waals surface area contributed by atoms with Gasteiger partial charge in [0.15, 0.2) is 11.6 Å². The number of aromatic nitrogens is 2. The molecule has 0 saturated carbocycles. The van der Waals surface area contributed by atoms with E-state index in [1.54, 1.807) is 6.07 Å². The Bertz CT molecular complexity index is 806. The van der Waals surface area contributed by atoms with Crippen molar-refractivity contribution in [3.8, 4) is 0 Å². The van der Waals surface area contributed by atoms with Crippen LogP contribution >= 0.6 is 0 Å². The maximum atomic E-state index is 12.0. The monoisotopic (exact) mass is 333 g/mol. The smallest absolute Gasteiger partial charge is 0.324 e. The van der Waals surface area contributed by atoms with Crippen LogP contribution in [0.3, 0.4) is 0 Å². The minimum absolute atomic E-state index is 0.358. The molecule has 3 aromatic rings. The van der Waals surface area contributed by atoms with Gasteiger partial charge in [0, 0.05) is 17.9 Å². The average molecular weight is 333 g/mol. The summed E-state index contributed by atoms with van der Waals surface area (Å²) in [5, 5.41) is 13.7. The van der Waals surface area contributed by atoms with Crippen LogP contribution < -0.4 is 15.5 Å². The zero-order valence-electron chi connectivity index (χ0n) is 13.9. The number of rotatable bonds is 5. The van der Waals surface area contributed by atoms with E-state index in [2.05, 4.69) is 20.8 Å².